The van der Waals surface area contributed by atoms with Crippen molar-refractivity contribution < 1.29 is 23.5 Å². The van der Waals surface area contributed by atoms with Crippen LogP contribution < -0.4 is 10.1 Å². The number of nitrogens with one attached hydrogen (secondary N) is 1. The summed E-state index contributed by atoms with van der Waals surface area (Å²) in [5.74, 6) is 1.44. The number of halogens is 1. The quantitative estimate of drug-likeness (QED) is 0.427. The summed E-state index contributed by atoms with van der Waals surface area (Å²) in [6.07, 6.45) is -0.483. The fraction of sp³-hybridized carbons (Fsp3) is 0.484. The summed E-state index contributed by atoms with van der Waals surface area (Å²) in [7, 11) is 0. The second-order valence-electron chi connectivity index (χ2n) is 11.6. The highest BCUT2D eigenvalue weighted by atomic mass is 19.1. The third kappa shape index (κ3) is 9.47. The van der Waals surface area contributed by atoms with E-state index < -0.39 is 11.7 Å². The summed E-state index contributed by atoms with van der Waals surface area (Å²) in [6.45, 7) is 17.9. The van der Waals surface area contributed by atoms with Gasteiger partial charge in [-0.15, -0.1) is 0 Å². The van der Waals surface area contributed by atoms with Crippen LogP contribution in [-0.2, 0) is 22.6 Å². The van der Waals surface area contributed by atoms with E-state index in [1.54, 1.807) is 21.9 Å². The predicted molar refractivity (Wildman–Crippen MR) is 154 cm³/mol. The molecule has 8 nitrogen and oxygen atoms in total. The Labute approximate surface area is 237 Å². The maximum absolute atomic E-state index is 13.6. The number of rotatable bonds is 10. The van der Waals surface area contributed by atoms with Crippen molar-refractivity contribution in [1.29, 1.82) is 0 Å². The summed E-state index contributed by atoms with van der Waals surface area (Å²) in [5, 5.41) is 3.40. The van der Waals surface area contributed by atoms with Crippen LogP contribution in [0.1, 0.15) is 52.7 Å². The third-order valence-corrected chi connectivity index (χ3v) is 6.36. The molecule has 40 heavy (non-hydrogen) atoms. The second-order valence-corrected chi connectivity index (χ2v) is 11.6. The number of carbonyl (C=O) groups is 2. The number of nitrogens with zero attached hydrogens (tertiary/aromatic N) is 3. The van der Waals surface area contributed by atoms with Gasteiger partial charge in [-0.25, -0.2) is 9.18 Å². The molecular weight excluding hydrogens is 511 g/mol. The van der Waals surface area contributed by atoms with Crippen molar-refractivity contribution in [3.05, 3.63) is 77.9 Å². The van der Waals surface area contributed by atoms with Crippen molar-refractivity contribution in [1.82, 2.24) is 20.0 Å². The number of carbonyl (C=O) groups excluding carboxylic acids is 2. The first-order chi connectivity index (χ1) is 18.8. The molecule has 1 fully saturated rings. The molecule has 1 aliphatic heterocycles. The molecule has 0 aromatic heterocycles. The lowest BCUT2D eigenvalue weighted by atomic mass is 10.1. The van der Waals surface area contributed by atoms with E-state index in [2.05, 4.69) is 25.7 Å². The fourth-order valence-electron chi connectivity index (χ4n) is 4.28. The zero-order chi connectivity index (χ0) is 29.4. The molecule has 1 heterocycles. The molecule has 0 spiro atoms. The Morgan fingerprint density at radius 3 is 2.23 bits per heavy atom. The van der Waals surface area contributed by atoms with Crippen LogP contribution in [-0.4, -0.2) is 64.7 Å². The predicted octanol–water partition coefficient (Wildman–Crippen LogP) is 5.35. The Morgan fingerprint density at radius 1 is 1.05 bits per heavy atom. The van der Waals surface area contributed by atoms with Crippen molar-refractivity contribution in [2.75, 3.05) is 26.4 Å². The molecule has 1 saturated heterocycles. The zero-order valence-electron chi connectivity index (χ0n) is 24.6. The molecule has 1 aliphatic rings. The highest BCUT2D eigenvalue weighted by Gasteiger charge is 2.35. The van der Waals surface area contributed by atoms with Gasteiger partial charge in [0.15, 0.2) is 0 Å². The van der Waals surface area contributed by atoms with E-state index in [0.29, 0.717) is 44.5 Å². The zero-order valence-corrected chi connectivity index (χ0v) is 24.6. The average Bonchev–Trinajstić information content (AvgIpc) is 2.89. The fourth-order valence-corrected chi connectivity index (χ4v) is 4.28. The maximum atomic E-state index is 13.6. The molecule has 9 heteroatoms. The molecule has 1 atom stereocenters. The Morgan fingerprint density at radius 2 is 1.65 bits per heavy atom. The van der Waals surface area contributed by atoms with Crippen LogP contribution in [0, 0.1) is 11.7 Å². The van der Waals surface area contributed by atoms with Gasteiger partial charge in [0.2, 0.25) is 5.91 Å². The normalized spacial score (nSPS) is 15.6. The first-order valence-electron chi connectivity index (χ1n) is 13.7. The van der Waals surface area contributed by atoms with Gasteiger partial charge in [0.05, 0.1) is 25.1 Å². The topological polar surface area (TPSA) is 74.4 Å². The number of amides is 2. The molecule has 0 aliphatic carbocycles. The van der Waals surface area contributed by atoms with E-state index in [9.17, 15) is 14.0 Å². The van der Waals surface area contributed by atoms with Crippen LogP contribution in [0.5, 0.6) is 5.75 Å². The Balaban J connectivity index is 1.79. The number of hydrogen-bond acceptors (Lipinski definition) is 6. The van der Waals surface area contributed by atoms with Crippen LogP contribution in [0.2, 0.25) is 0 Å². The average molecular weight is 555 g/mol. The number of hydrogen-bond donors (Lipinski definition) is 1. The summed E-state index contributed by atoms with van der Waals surface area (Å²) in [6, 6.07) is 13.9. The Hall–Kier alpha value is -3.75. The summed E-state index contributed by atoms with van der Waals surface area (Å²) in [4.78, 5) is 30.6. The lowest BCUT2D eigenvalue weighted by molar-refractivity contribution is -0.134. The molecule has 1 N–H and O–H groups in total. The van der Waals surface area contributed by atoms with E-state index in [1.807, 2.05) is 49.9 Å². The SMILES string of the molecule is C=C(NCc1ccc(OCC(C)C)cc1)N(Cc1ccc(F)cc1)C1CN(C(C)=O)CN(C(=O)OC(C)(C)C)C1. The molecule has 3 rings (SSSR count). The van der Waals surface area contributed by atoms with E-state index in [0.717, 1.165) is 16.9 Å². The minimum Gasteiger partial charge on any atom is -0.493 e. The van der Waals surface area contributed by atoms with Gasteiger partial charge in [-0.2, -0.15) is 0 Å². The summed E-state index contributed by atoms with van der Waals surface area (Å²) >= 11 is 0. The van der Waals surface area contributed by atoms with Crippen LogP contribution in [0.3, 0.4) is 0 Å². The molecule has 2 amide bonds. The second kappa shape index (κ2) is 13.5. The van der Waals surface area contributed by atoms with Gasteiger partial charge >= 0.3 is 6.09 Å². The molecule has 0 saturated carbocycles. The molecule has 0 bridgehead atoms. The van der Waals surface area contributed by atoms with Gasteiger partial charge in [-0.05, 0) is 62.1 Å². The van der Waals surface area contributed by atoms with Crippen molar-refractivity contribution in [2.45, 2.75) is 66.3 Å². The largest absolute Gasteiger partial charge is 0.493 e. The van der Waals surface area contributed by atoms with E-state index in [1.165, 1.54) is 19.1 Å². The van der Waals surface area contributed by atoms with Crippen LogP contribution >= 0.6 is 0 Å². The van der Waals surface area contributed by atoms with Gasteiger partial charge in [0, 0.05) is 33.1 Å². The first-order valence-corrected chi connectivity index (χ1v) is 13.7. The van der Waals surface area contributed by atoms with E-state index >= 15 is 0 Å². The number of benzene rings is 2. The van der Waals surface area contributed by atoms with Crippen molar-refractivity contribution in [3.8, 4) is 5.75 Å². The highest BCUT2D eigenvalue weighted by Crippen LogP contribution is 2.22. The molecule has 2 aromatic rings. The van der Waals surface area contributed by atoms with Gasteiger partial charge in [0.1, 0.15) is 17.2 Å². The van der Waals surface area contributed by atoms with Crippen LogP contribution in [0.4, 0.5) is 9.18 Å². The highest BCUT2D eigenvalue weighted by molar-refractivity contribution is 5.75. The third-order valence-electron chi connectivity index (χ3n) is 6.36. The molecule has 1 unspecified atom stereocenters. The molecule has 2 aromatic carbocycles. The molecule has 0 radical (unpaired) electrons. The Kier molecular flexibility index (Phi) is 10.4. The minimum absolute atomic E-state index is 0.140. The Bertz CT molecular complexity index is 1150. The van der Waals surface area contributed by atoms with Crippen molar-refractivity contribution in [2.24, 2.45) is 5.92 Å². The standard InChI is InChI=1S/C31H43FN4O4/c1-22(2)20-39-29-14-10-25(11-15-29)16-33-23(3)36(17-26-8-12-27(32)13-9-26)28-18-34(24(4)37)21-35(19-28)30(38)40-31(5,6)7/h8-15,22,28,33H,3,16-21H2,1-2,4-7H3. The number of ether oxygens (including phenoxy) is 2. The summed E-state index contributed by atoms with van der Waals surface area (Å²) < 4.78 is 25.0. The van der Waals surface area contributed by atoms with Crippen molar-refractivity contribution >= 4 is 12.0 Å². The smallest absolute Gasteiger partial charge is 0.411 e. The van der Waals surface area contributed by atoms with E-state index in [-0.39, 0.29) is 24.4 Å². The molecule has 218 valence electrons. The van der Waals surface area contributed by atoms with Gasteiger partial charge in [-0.3, -0.25) is 9.69 Å². The lowest BCUT2D eigenvalue weighted by Crippen LogP contribution is -2.60. The van der Waals surface area contributed by atoms with Crippen molar-refractivity contribution in [3.63, 3.8) is 0 Å². The summed E-state index contributed by atoms with van der Waals surface area (Å²) in [5.41, 5.74) is 1.25. The molecular formula is C31H43FN4O4. The van der Waals surface area contributed by atoms with Gasteiger partial charge in [-0.1, -0.05) is 44.7 Å². The monoisotopic (exact) mass is 554 g/mol. The lowest BCUT2D eigenvalue weighted by Gasteiger charge is -2.45. The maximum Gasteiger partial charge on any atom is 0.411 e. The van der Waals surface area contributed by atoms with Gasteiger partial charge < -0.3 is 24.6 Å². The van der Waals surface area contributed by atoms with Crippen LogP contribution in [0.15, 0.2) is 60.9 Å². The van der Waals surface area contributed by atoms with Crippen LogP contribution in [0.25, 0.3) is 0 Å². The first kappa shape index (κ1) is 30.8. The minimum atomic E-state index is -0.667. The van der Waals surface area contributed by atoms with E-state index in [4.69, 9.17) is 9.47 Å². The van der Waals surface area contributed by atoms with Gasteiger partial charge in [0.25, 0.3) is 0 Å².